The standard InChI is InChI=1S/C23H21N5O4S/c29-19(24-11-10-20(30)31)12-18-22(32)27-23(33-18)28-25-13-16-15-8-4-5-9-17(15)26-21(16)14-6-2-1-3-7-14/h1-9,13,18,26H,10-12H2,(H,24,29)(H,30,31)(H,27,28,32)/p-1/b25-13+/t18-/m0/s1. The monoisotopic (exact) mass is 462 g/mol. The van der Waals surface area contributed by atoms with Crippen LogP contribution in [0.5, 0.6) is 0 Å². The fraction of sp³-hybridized carbons (Fsp3) is 0.174. The molecule has 1 aliphatic heterocycles. The predicted octanol–water partition coefficient (Wildman–Crippen LogP) is 1.40. The number of carboxylic acids is 1. The number of carbonyl (C=O) groups excluding carboxylic acids is 3. The van der Waals surface area contributed by atoms with Crippen molar-refractivity contribution in [2.75, 3.05) is 6.54 Å². The molecule has 0 bridgehead atoms. The molecule has 1 saturated heterocycles. The van der Waals surface area contributed by atoms with Crippen molar-refractivity contribution < 1.29 is 19.5 Å². The second-order valence-corrected chi connectivity index (χ2v) is 8.44. The van der Waals surface area contributed by atoms with Gasteiger partial charge in [-0.15, -0.1) is 5.10 Å². The first-order chi connectivity index (χ1) is 16.0. The molecule has 168 valence electrons. The van der Waals surface area contributed by atoms with Crippen LogP contribution in [0.2, 0.25) is 0 Å². The largest absolute Gasteiger partial charge is 0.550 e. The van der Waals surface area contributed by atoms with Crippen LogP contribution in [0.15, 0.2) is 64.8 Å². The summed E-state index contributed by atoms with van der Waals surface area (Å²) in [6.45, 7) is -0.0419. The Morgan fingerprint density at radius 3 is 2.67 bits per heavy atom. The smallest absolute Gasteiger partial charge is 0.240 e. The van der Waals surface area contributed by atoms with Gasteiger partial charge >= 0.3 is 0 Å². The van der Waals surface area contributed by atoms with Crippen molar-refractivity contribution in [1.82, 2.24) is 15.6 Å². The lowest BCUT2D eigenvalue weighted by Crippen LogP contribution is -2.34. The maximum absolute atomic E-state index is 12.2. The molecule has 3 N–H and O–H groups in total. The topological polar surface area (TPSA) is 139 Å². The number of hydrogen-bond donors (Lipinski definition) is 3. The highest BCUT2D eigenvalue weighted by Gasteiger charge is 2.32. The minimum absolute atomic E-state index is 0.0419. The van der Waals surface area contributed by atoms with Gasteiger partial charge in [-0.25, -0.2) is 0 Å². The molecule has 1 aliphatic rings. The second kappa shape index (κ2) is 10.1. The van der Waals surface area contributed by atoms with Gasteiger partial charge in [-0.3, -0.25) is 9.59 Å². The number of rotatable bonds is 8. The zero-order chi connectivity index (χ0) is 23.2. The van der Waals surface area contributed by atoms with Crippen molar-refractivity contribution in [2.24, 2.45) is 10.2 Å². The number of hydrogen-bond acceptors (Lipinski definition) is 7. The molecule has 1 aromatic heterocycles. The molecule has 33 heavy (non-hydrogen) atoms. The molecule has 3 aromatic rings. The molecule has 1 atom stereocenters. The number of para-hydroxylation sites is 1. The van der Waals surface area contributed by atoms with E-state index in [0.717, 1.165) is 39.5 Å². The van der Waals surface area contributed by atoms with E-state index < -0.39 is 17.1 Å². The predicted molar refractivity (Wildman–Crippen MR) is 126 cm³/mol. The summed E-state index contributed by atoms with van der Waals surface area (Å²) in [5.41, 5.74) is 3.77. The third-order valence-corrected chi connectivity index (χ3v) is 6.01. The number of aromatic nitrogens is 1. The maximum Gasteiger partial charge on any atom is 0.240 e. The van der Waals surface area contributed by atoms with E-state index in [0.29, 0.717) is 5.17 Å². The van der Waals surface area contributed by atoms with Crippen molar-refractivity contribution in [3.8, 4) is 11.3 Å². The van der Waals surface area contributed by atoms with Crippen LogP contribution in [-0.2, 0) is 14.4 Å². The number of nitrogens with zero attached hydrogens (tertiary/aromatic N) is 2. The summed E-state index contributed by atoms with van der Waals surface area (Å²) < 4.78 is 0. The molecule has 0 aliphatic carbocycles. The number of amides is 2. The number of carboxylic acid groups (broad SMARTS) is 1. The fourth-order valence-electron chi connectivity index (χ4n) is 3.40. The first-order valence-electron chi connectivity index (χ1n) is 10.2. The van der Waals surface area contributed by atoms with Gasteiger partial charge < -0.3 is 25.5 Å². The molecular weight excluding hydrogens is 442 g/mol. The van der Waals surface area contributed by atoms with E-state index in [-0.39, 0.29) is 25.3 Å². The van der Waals surface area contributed by atoms with Crippen molar-refractivity contribution in [2.45, 2.75) is 18.1 Å². The first kappa shape index (κ1) is 22.3. The summed E-state index contributed by atoms with van der Waals surface area (Å²) in [6, 6.07) is 17.8. The molecule has 0 radical (unpaired) electrons. The molecule has 0 unspecified atom stereocenters. The van der Waals surface area contributed by atoms with Crippen LogP contribution >= 0.6 is 11.8 Å². The van der Waals surface area contributed by atoms with E-state index in [9.17, 15) is 19.5 Å². The first-order valence-corrected chi connectivity index (χ1v) is 11.1. The average molecular weight is 463 g/mol. The van der Waals surface area contributed by atoms with Crippen LogP contribution in [0.4, 0.5) is 0 Å². The second-order valence-electron chi connectivity index (χ2n) is 7.25. The molecule has 2 amide bonds. The van der Waals surface area contributed by atoms with Crippen molar-refractivity contribution in [3.63, 3.8) is 0 Å². The normalized spacial score (nSPS) is 17.0. The van der Waals surface area contributed by atoms with Gasteiger partial charge in [0.25, 0.3) is 0 Å². The van der Waals surface area contributed by atoms with E-state index in [4.69, 9.17) is 0 Å². The van der Waals surface area contributed by atoms with Crippen LogP contribution in [-0.4, -0.2) is 45.9 Å². The molecule has 0 spiro atoms. The van der Waals surface area contributed by atoms with E-state index in [1.807, 2.05) is 54.6 Å². The van der Waals surface area contributed by atoms with Gasteiger partial charge in [0.2, 0.25) is 11.8 Å². The molecule has 10 heteroatoms. The lowest BCUT2D eigenvalue weighted by atomic mass is 10.1. The zero-order valence-corrected chi connectivity index (χ0v) is 18.2. The summed E-state index contributed by atoms with van der Waals surface area (Å²) >= 11 is 1.11. The lowest BCUT2D eigenvalue weighted by molar-refractivity contribution is -0.305. The number of H-pyrrole nitrogens is 1. The molecule has 0 saturated carbocycles. The number of amidine groups is 1. The summed E-state index contributed by atoms with van der Waals surface area (Å²) in [5.74, 6) is -2.01. The highest BCUT2D eigenvalue weighted by molar-refractivity contribution is 8.15. The summed E-state index contributed by atoms with van der Waals surface area (Å²) in [4.78, 5) is 37.9. The van der Waals surface area contributed by atoms with Crippen LogP contribution < -0.4 is 15.7 Å². The zero-order valence-electron chi connectivity index (χ0n) is 17.4. The lowest BCUT2D eigenvalue weighted by Gasteiger charge is -2.07. The Morgan fingerprint density at radius 2 is 1.88 bits per heavy atom. The number of aliphatic carboxylic acids is 1. The van der Waals surface area contributed by atoms with Crippen molar-refractivity contribution in [1.29, 1.82) is 0 Å². The van der Waals surface area contributed by atoms with E-state index in [1.165, 1.54) is 0 Å². The van der Waals surface area contributed by atoms with Gasteiger partial charge in [0.15, 0.2) is 5.17 Å². The quantitative estimate of drug-likeness (QED) is 0.343. The van der Waals surface area contributed by atoms with Gasteiger partial charge in [-0.1, -0.05) is 60.3 Å². The van der Waals surface area contributed by atoms with Gasteiger partial charge in [0.1, 0.15) is 5.25 Å². The molecule has 1 fully saturated rings. The van der Waals surface area contributed by atoms with Crippen LogP contribution in [0.25, 0.3) is 22.2 Å². The van der Waals surface area contributed by atoms with Gasteiger partial charge in [0.05, 0.1) is 11.9 Å². The maximum atomic E-state index is 12.2. The molecule has 9 nitrogen and oxygen atoms in total. The highest BCUT2D eigenvalue weighted by atomic mass is 32.2. The average Bonchev–Trinajstić information content (AvgIpc) is 3.34. The number of fused-ring (bicyclic) bond motifs is 1. The van der Waals surface area contributed by atoms with Crippen LogP contribution in [0, 0.1) is 0 Å². The Kier molecular flexibility index (Phi) is 6.84. The Morgan fingerprint density at radius 1 is 1.12 bits per heavy atom. The number of carbonyl (C=O) groups is 3. The van der Waals surface area contributed by atoms with Crippen molar-refractivity contribution >= 4 is 51.8 Å². The Bertz CT molecular complexity index is 1250. The Labute approximate surface area is 193 Å². The molecule has 4 rings (SSSR count). The molecule has 2 aromatic carbocycles. The van der Waals surface area contributed by atoms with Crippen LogP contribution in [0.3, 0.4) is 0 Å². The number of aromatic amines is 1. The molecular formula is C23H20N5O4S-. The van der Waals surface area contributed by atoms with E-state index in [1.54, 1.807) is 6.21 Å². The van der Waals surface area contributed by atoms with Crippen LogP contribution in [0.1, 0.15) is 18.4 Å². The third kappa shape index (κ3) is 5.47. The minimum Gasteiger partial charge on any atom is -0.550 e. The minimum atomic E-state index is -1.25. The summed E-state index contributed by atoms with van der Waals surface area (Å²) in [5, 5.41) is 24.4. The molecule has 2 heterocycles. The Balaban J connectivity index is 1.47. The van der Waals surface area contributed by atoms with Crippen molar-refractivity contribution in [3.05, 3.63) is 60.2 Å². The Hall–Kier alpha value is -3.92. The van der Waals surface area contributed by atoms with E-state index in [2.05, 4.69) is 25.8 Å². The highest BCUT2D eigenvalue weighted by Crippen LogP contribution is 2.29. The number of thioether (sulfide) groups is 1. The summed E-state index contributed by atoms with van der Waals surface area (Å²) in [6.07, 6.45) is 1.27. The number of benzene rings is 2. The SMILES string of the molecule is O=C([O-])CCNC(=O)C[C@@H]1S/C(=N\N=C\c2c(-c3ccccc3)[nH]c3ccccc23)NC1=O. The fourth-order valence-corrected chi connectivity index (χ4v) is 4.32. The van der Waals surface area contributed by atoms with E-state index >= 15 is 0 Å². The number of nitrogens with one attached hydrogen (secondary N) is 3. The summed E-state index contributed by atoms with van der Waals surface area (Å²) in [7, 11) is 0. The van der Waals surface area contributed by atoms with Gasteiger partial charge in [-0.05, 0) is 11.6 Å². The van der Waals surface area contributed by atoms with Gasteiger partial charge in [0, 0.05) is 41.8 Å². The third-order valence-electron chi connectivity index (χ3n) is 4.94. The van der Waals surface area contributed by atoms with Gasteiger partial charge in [-0.2, -0.15) is 5.10 Å².